The first-order chi connectivity index (χ1) is 9.85. The molecule has 0 radical (unpaired) electrons. The molecule has 0 saturated carbocycles. The minimum absolute atomic E-state index is 0.224. The van der Waals surface area contributed by atoms with Crippen molar-refractivity contribution in [1.29, 1.82) is 0 Å². The fraction of sp³-hybridized carbons (Fsp3) is 0.467. The number of aliphatic hydroxyl groups excluding tert-OH is 1. The maximum atomic E-state index is 9.26. The molecule has 0 spiro atoms. The molecule has 0 aliphatic carbocycles. The van der Waals surface area contributed by atoms with Gasteiger partial charge in [-0.3, -0.25) is 0 Å². The van der Waals surface area contributed by atoms with Crippen molar-refractivity contribution in [3.05, 3.63) is 41.8 Å². The quantitative estimate of drug-likeness (QED) is 0.921. The van der Waals surface area contributed by atoms with Gasteiger partial charge in [-0.15, -0.1) is 5.10 Å². The van der Waals surface area contributed by atoms with Crippen LogP contribution in [0, 0.1) is 5.92 Å². The number of nitrogens with zero attached hydrogens (tertiary/aromatic N) is 3. The van der Waals surface area contributed by atoms with Gasteiger partial charge in [-0.25, -0.2) is 0 Å². The molecule has 106 valence electrons. The second-order valence-corrected chi connectivity index (χ2v) is 5.28. The molecule has 2 heterocycles. The monoisotopic (exact) mass is 273 g/mol. The van der Waals surface area contributed by atoms with Gasteiger partial charge in [0, 0.05) is 19.7 Å². The van der Waals surface area contributed by atoms with E-state index in [0.29, 0.717) is 24.2 Å². The van der Waals surface area contributed by atoms with E-state index >= 15 is 0 Å². The molecule has 1 N–H and O–H groups in total. The minimum atomic E-state index is 0.224. The highest BCUT2D eigenvalue weighted by Crippen LogP contribution is 2.22. The second-order valence-electron chi connectivity index (χ2n) is 5.28. The molecular weight excluding hydrogens is 254 g/mol. The van der Waals surface area contributed by atoms with E-state index in [0.717, 1.165) is 31.5 Å². The molecule has 2 aromatic rings. The summed E-state index contributed by atoms with van der Waals surface area (Å²) < 4.78 is 5.74. The predicted octanol–water partition coefficient (Wildman–Crippen LogP) is 1.87. The van der Waals surface area contributed by atoms with Crippen molar-refractivity contribution in [1.82, 2.24) is 10.2 Å². The maximum Gasteiger partial charge on any atom is 0.318 e. The van der Waals surface area contributed by atoms with Crippen LogP contribution in [0.25, 0.3) is 0 Å². The molecule has 1 aromatic carbocycles. The Labute approximate surface area is 118 Å². The lowest BCUT2D eigenvalue weighted by atomic mass is 10.00. The van der Waals surface area contributed by atoms with Gasteiger partial charge in [-0.1, -0.05) is 35.4 Å². The zero-order chi connectivity index (χ0) is 13.8. The third-order valence-electron chi connectivity index (χ3n) is 3.70. The number of benzene rings is 1. The molecule has 3 rings (SSSR count). The molecule has 20 heavy (non-hydrogen) atoms. The van der Waals surface area contributed by atoms with E-state index < -0.39 is 0 Å². The highest BCUT2D eigenvalue weighted by molar-refractivity contribution is 5.26. The fourth-order valence-electron chi connectivity index (χ4n) is 2.60. The molecule has 0 amide bonds. The van der Waals surface area contributed by atoms with Crippen LogP contribution in [-0.4, -0.2) is 35.0 Å². The van der Waals surface area contributed by atoms with Gasteiger partial charge < -0.3 is 14.4 Å². The SMILES string of the molecule is OC[C@H]1CCCN(c2nnc(Cc3ccccc3)o2)C1. The summed E-state index contributed by atoms with van der Waals surface area (Å²) in [6.07, 6.45) is 2.78. The van der Waals surface area contributed by atoms with Crippen molar-refractivity contribution in [3.63, 3.8) is 0 Å². The van der Waals surface area contributed by atoms with E-state index in [2.05, 4.69) is 15.1 Å². The molecule has 0 bridgehead atoms. The third kappa shape index (κ3) is 2.99. The lowest BCUT2D eigenvalue weighted by Crippen LogP contribution is -2.37. The van der Waals surface area contributed by atoms with Gasteiger partial charge in [0.15, 0.2) is 0 Å². The Hall–Kier alpha value is -1.88. The average molecular weight is 273 g/mol. The van der Waals surface area contributed by atoms with Gasteiger partial charge in [0.1, 0.15) is 0 Å². The predicted molar refractivity (Wildman–Crippen MR) is 75.6 cm³/mol. The summed E-state index contributed by atoms with van der Waals surface area (Å²) >= 11 is 0. The van der Waals surface area contributed by atoms with Gasteiger partial charge in [-0.2, -0.15) is 0 Å². The number of rotatable bonds is 4. The molecule has 5 nitrogen and oxygen atoms in total. The third-order valence-corrected chi connectivity index (χ3v) is 3.70. The van der Waals surface area contributed by atoms with Gasteiger partial charge in [-0.05, 0) is 24.3 Å². The summed E-state index contributed by atoms with van der Waals surface area (Å²) in [7, 11) is 0. The summed E-state index contributed by atoms with van der Waals surface area (Å²) in [4.78, 5) is 2.08. The Morgan fingerprint density at radius 1 is 1.25 bits per heavy atom. The summed E-state index contributed by atoms with van der Waals surface area (Å²) in [5.74, 6) is 0.950. The van der Waals surface area contributed by atoms with E-state index in [1.807, 2.05) is 30.3 Å². The topological polar surface area (TPSA) is 62.4 Å². The number of aliphatic hydroxyl groups is 1. The lowest BCUT2D eigenvalue weighted by molar-refractivity contribution is 0.206. The zero-order valence-electron chi connectivity index (χ0n) is 11.4. The zero-order valence-corrected chi connectivity index (χ0v) is 11.4. The van der Waals surface area contributed by atoms with E-state index in [9.17, 15) is 5.11 Å². The molecule has 1 saturated heterocycles. The maximum absolute atomic E-state index is 9.26. The van der Waals surface area contributed by atoms with Crippen molar-refractivity contribution in [3.8, 4) is 0 Å². The number of hydrogen-bond donors (Lipinski definition) is 1. The first-order valence-corrected chi connectivity index (χ1v) is 7.07. The Kier molecular flexibility index (Phi) is 3.97. The number of aromatic nitrogens is 2. The summed E-state index contributed by atoms with van der Waals surface area (Å²) in [5.41, 5.74) is 1.16. The van der Waals surface area contributed by atoms with E-state index in [4.69, 9.17) is 4.42 Å². The van der Waals surface area contributed by atoms with Gasteiger partial charge in [0.2, 0.25) is 5.89 Å². The number of piperidine rings is 1. The van der Waals surface area contributed by atoms with E-state index in [1.165, 1.54) is 0 Å². The molecule has 1 fully saturated rings. The van der Waals surface area contributed by atoms with Crippen LogP contribution in [0.2, 0.25) is 0 Å². The van der Waals surface area contributed by atoms with Crippen molar-refractivity contribution < 1.29 is 9.52 Å². The Morgan fingerprint density at radius 2 is 2.10 bits per heavy atom. The highest BCUT2D eigenvalue weighted by Gasteiger charge is 2.23. The first-order valence-electron chi connectivity index (χ1n) is 7.07. The standard InChI is InChI=1S/C15H19N3O2/c19-11-13-7-4-8-18(10-13)15-17-16-14(20-15)9-12-5-2-1-3-6-12/h1-3,5-6,13,19H,4,7-11H2/t13-/m0/s1. The van der Waals surface area contributed by atoms with Crippen molar-refractivity contribution >= 4 is 6.01 Å². The normalized spacial score (nSPS) is 19.2. The van der Waals surface area contributed by atoms with Crippen LogP contribution in [0.4, 0.5) is 6.01 Å². The molecule has 1 aliphatic rings. The molecule has 1 atom stereocenters. The summed E-state index contributed by atoms with van der Waals surface area (Å²) in [6, 6.07) is 10.7. The van der Waals surface area contributed by atoms with Crippen molar-refractivity contribution in [2.24, 2.45) is 5.92 Å². The van der Waals surface area contributed by atoms with Crippen LogP contribution in [0.3, 0.4) is 0 Å². The second kappa shape index (κ2) is 6.05. The van der Waals surface area contributed by atoms with E-state index in [1.54, 1.807) is 0 Å². The molecular formula is C15H19N3O2. The molecule has 1 aromatic heterocycles. The van der Waals surface area contributed by atoms with Crippen molar-refractivity contribution in [2.75, 3.05) is 24.6 Å². The Morgan fingerprint density at radius 3 is 2.90 bits per heavy atom. The molecule has 1 aliphatic heterocycles. The number of hydrogen-bond acceptors (Lipinski definition) is 5. The highest BCUT2D eigenvalue weighted by atomic mass is 16.4. The Bertz CT molecular complexity index is 541. The van der Waals surface area contributed by atoms with E-state index in [-0.39, 0.29) is 6.61 Å². The largest absolute Gasteiger partial charge is 0.408 e. The van der Waals surface area contributed by atoms with Crippen LogP contribution in [0.1, 0.15) is 24.3 Å². The summed E-state index contributed by atoms with van der Waals surface area (Å²) in [6.45, 7) is 1.94. The minimum Gasteiger partial charge on any atom is -0.408 e. The van der Waals surface area contributed by atoms with Crippen LogP contribution >= 0.6 is 0 Å². The molecule has 5 heteroatoms. The lowest BCUT2D eigenvalue weighted by Gasteiger charge is -2.30. The van der Waals surface area contributed by atoms with Crippen molar-refractivity contribution in [2.45, 2.75) is 19.3 Å². The van der Waals surface area contributed by atoms with Gasteiger partial charge in [0.05, 0.1) is 6.42 Å². The fourth-order valence-corrected chi connectivity index (χ4v) is 2.60. The number of anilines is 1. The van der Waals surface area contributed by atoms with Crippen LogP contribution in [0.15, 0.2) is 34.7 Å². The van der Waals surface area contributed by atoms with Crippen LogP contribution in [0.5, 0.6) is 0 Å². The first kappa shape index (κ1) is 13.1. The smallest absolute Gasteiger partial charge is 0.318 e. The van der Waals surface area contributed by atoms with Gasteiger partial charge >= 0.3 is 6.01 Å². The average Bonchev–Trinajstić information content (AvgIpc) is 2.97. The van der Waals surface area contributed by atoms with Crippen LogP contribution < -0.4 is 4.90 Å². The van der Waals surface area contributed by atoms with Gasteiger partial charge in [0.25, 0.3) is 0 Å². The van der Waals surface area contributed by atoms with Crippen LogP contribution in [-0.2, 0) is 6.42 Å². The molecule has 0 unspecified atom stereocenters. The summed E-state index contributed by atoms with van der Waals surface area (Å²) in [5, 5.41) is 17.5. The Balaban J connectivity index is 1.67.